The van der Waals surface area contributed by atoms with Gasteiger partial charge < -0.3 is 0 Å². The second-order valence-corrected chi connectivity index (χ2v) is 10.2. The van der Waals surface area contributed by atoms with Crippen LogP contribution in [0.25, 0.3) is 0 Å². The van der Waals surface area contributed by atoms with Crippen molar-refractivity contribution in [2.24, 2.45) is 19.5 Å². The first kappa shape index (κ1) is 16.9. The molecule has 21 heavy (non-hydrogen) atoms. The number of halogens is 5. The summed E-state index contributed by atoms with van der Waals surface area (Å²) in [5, 5.41) is 0. The van der Waals surface area contributed by atoms with Crippen LogP contribution in [-0.2, 0) is 0 Å². The zero-order valence-electron chi connectivity index (χ0n) is 10.7. The van der Waals surface area contributed by atoms with E-state index in [-0.39, 0.29) is 0 Å². The van der Waals surface area contributed by atoms with E-state index in [0.717, 1.165) is 0 Å². The van der Waals surface area contributed by atoms with Gasteiger partial charge in [-0.3, -0.25) is 0 Å². The van der Waals surface area contributed by atoms with Gasteiger partial charge in [-0.15, -0.1) is 21.3 Å². The summed E-state index contributed by atoms with van der Waals surface area (Å²) in [5.41, 5.74) is 0. The first-order chi connectivity index (χ1) is 9.70. The molecule has 0 aromatic heterocycles. The molecular formula is C10H13F5N3P3. The fourth-order valence-corrected chi connectivity index (χ4v) is 8.52. The van der Waals surface area contributed by atoms with Gasteiger partial charge in [0.1, 0.15) is 0 Å². The fraction of sp³-hybridized carbons (Fsp3) is 0.400. The summed E-state index contributed by atoms with van der Waals surface area (Å²) in [6, 6.07) is 0. The molecule has 2 atom stereocenters. The summed E-state index contributed by atoms with van der Waals surface area (Å²) < 4.78 is 74.5. The van der Waals surface area contributed by atoms with Crippen LogP contribution in [-0.4, -0.2) is 6.16 Å². The SMILES string of the molecule is FP1(F)=NP(F)(F)=NP(F)(CC2\C=C/C=C\C=C\CC2)=N1. The highest BCUT2D eigenvalue weighted by Crippen LogP contribution is 2.81. The predicted octanol–water partition coefficient (Wildman–Crippen LogP) is 7.85. The van der Waals surface area contributed by atoms with Crippen LogP contribution in [0.3, 0.4) is 0 Å². The minimum absolute atomic E-state index is 0.457. The van der Waals surface area contributed by atoms with Crippen molar-refractivity contribution in [1.29, 1.82) is 0 Å². The topological polar surface area (TPSA) is 37.1 Å². The van der Waals surface area contributed by atoms with Crippen LogP contribution in [0.2, 0.25) is 0 Å². The molecular weight excluding hydrogens is 350 g/mol. The van der Waals surface area contributed by atoms with E-state index in [2.05, 4.69) is 13.5 Å². The van der Waals surface area contributed by atoms with E-state index in [4.69, 9.17) is 0 Å². The number of hydrogen-bond donors (Lipinski definition) is 0. The van der Waals surface area contributed by atoms with Gasteiger partial charge in [0.2, 0.25) is 0 Å². The van der Waals surface area contributed by atoms with E-state index in [0.29, 0.717) is 12.8 Å². The maximum absolute atomic E-state index is 14.4. The molecule has 0 radical (unpaired) electrons. The molecule has 0 spiro atoms. The van der Waals surface area contributed by atoms with E-state index in [1.165, 1.54) is 0 Å². The van der Waals surface area contributed by atoms with Crippen molar-refractivity contribution in [1.82, 2.24) is 0 Å². The van der Waals surface area contributed by atoms with Gasteiger partial charge in [-0.25, -0.2) is 0 Å². The molecule has 118 valence electrons. The summed E-state index contributed by atoms with van der Waals surface area (Å²) in [4.78, 5) is 0. The van der Waals surface area contributed by atoms with Gasteiger partial charge in [0.05, 0.1) is 0 Å². The maximum atomic E-state index is 14.4. The molecule has 0 saturated heterocycles. The second-order valence-electron chi connectivity index (χ2n) is 4.54. The standard InChI is InChI=1S/C10H13F5N3P3/c11-19(16-20(12,13)18-21(14,15)17-19)9-10-7-5-3-1-2-4-6-8-10/h1-5,7,10H,6,8-9H2/b3-1-,4-2+,7-5-. The lowest BCUT2D eigenvalue weighted by Gasteiger charge is -2.20. The summed E-state index contributed by atoms with van der Waals surface area (Å²) in [7, 11) is -15.8. The smallest absolute Gasteiger partial charge is 0.183 e. The molecule has 1 aliphatic carbocycles. The Kier molecular flexibility index (Phi) is 5.12. The molecule has 3 nitrogen and oxygen atoms in total. The molecule has 1 heterocycles. The van der Waals surface area contributed by atoms with E-state index in [1.807, 2.05) is 6.08 Å². The first-order valence-electron chi connectivity index (χ1n) is 6.09. The normalized spacial score (nSPS) is 38.4. The Hall–Kier alpha value is -0.440. The number of allylic oxidation sites excluding steroid dienone is 6. The van der Waals surface area contributed by atoms with Gasteiger partial charge in [-0.05, 0) is 18.8 Å². The van der Waals surface area contributed by atoms with Gasteiger partial charge >= 0.3 is 15.7 Å². The van der Waals surface area contributed by atoms with Crippen molar-refractivity contribution in [3.63, 3.8) is 0 Å². The molecule has 0 N–H and O–H groups in total. The van der Waals surface area contributed by atoms with Crippen molar-refractivity contribution in [2.75, 3.05) is 6.16 Å². The molecule has 1 aliphatic heterocycles. The molecule has 0 aromatic carbocycles. The number of nitrogens with zero attached hydrogens (tertiary/aromatic N) is 3. The molecule has 2 rings (SSSR count). The van der Waals surface area contributed by atoms with Gasteiger partial charge in [-0.1, -0.05) is 36.5 Å². The minimum atomic E-state index is -5.60. The third-order valence-corrected chi connectivity index (χ3v) is 9.30. The highest BCUT2D eigenvalue weighted by Gasteiger charge is 2.39. The van der Waals surface area contributed by atoms with Crippen molar-refractivity contribution in [2.45, 2.75) is 12.8 Å². The van der Waals surface area contributed by atoms with E-state index >= 15 is 0 Å². The van der Waals surface area contributed by atoms with Crippen molar-refractivity contribution < 1.29 is 21.0 Å². The Morgan fingerprint density at radius 2 is 1.52 bits per heavy atom. The molecule has 0 bridgehead atoms. The third-order valence-electron chi connectivity index (χ3n) is 2.73. The van der Waals surface area contributed by atoms with Crippen LogP contribution in [0, 0.1) is 5.92 Å². The quantitative estimate of drug-likeness (QED) is 0.354. The molecule has 0 fully saturated rings. The molecule has 0 aromatic rings. The minimum Gasteiger partial charge on any atom is -0.183 e. The van der Waals surface area contributed by atoms with Gasteiger partial charge in [0.25, 0.3) is 7.52 Å². The van der Waals surface area contributed by atoms with Gasteiger partial charge in [-0.2, -0.15) is 13.2 Å². The van der Waals surface area contributed by atoms with Crippen molar-refractivity contribution in [3.05, 3.63) is 36.5 Å². The molecule has 0 amide bonds. The lowest BCUT2D eigenvalue weighted by Crippen LogP contribution is -2.02. The maximum Gasteiger partial charge on any atom is 0.423 e. The summed E-state index contributed by atoms with van der Waals surface area (Å²) in [5.74, 6) is -0.457. The van der Waals surface area contributed by atoms with E-state index < -0.39 is 35.2 Å². The second kappa shape index (κ2) is 6.36. The lowest BCUT2D eigenvalue weighted by molar-refractivity contribution is 0.647. The zero-order valence-corrected chi connectivity index (χ0v) is 13.4. The zero-order chi connectivity index (χ0) is 15.6. The van der Waals surface area contributed by atoms with Crippen LogP contribution in [0.5, 0.6) is 0 Å². The van der Waals surface area contributed by atoms with Crippen LogP contribution in [0.15, 0.2) is 50.0 Å². The summed E-state index contributed by atoms with van der Waals surface area (Å²) in [6.07, 6.45) is 10.9. The predicted molar refractivity (Wildman–Crippen MR) is 78.6 cm³/mol. The number of hydrogen-bond acceptors (Lipinski definition) is 3. The van der Waals surface area contributed by atoms with Crippen LogP contribution < -0.4 is 0 Å². The average Bonchev–Trinajstić information content (AvgIpc) is 2.37. The third kappa shape index (κ3) is 5.36. The Labute approximate surface area is 120 Å². The number of rotatable bonds is 2. The average molecular weight is 363 g/mol. The van der Waals surface area contributed by atoms with Crippen molar-refractivity contribution >= 4 is 23.2 Å². The fourth-order valence-electron chi connectivity index (χ4n) is 1.97. The summed E-state index contributed by atoms with van der Waals surface area (Å²) in [6.45, 7) is 0. The largest absolute Gasteiger partial charge is 0.423 e. The Bertz CT molecular complexity index is 647. The highest BCUT2D eigenvalue weighted by molar-refractivity contribution is 7.79. The highest BCUT2D eigenvalue weighted by atomic mass is 31.3. The van der Waals surface area contributed by atoms with E-state index in [1.54, 1.807) is 30.4 Å². The van der Waals surface area contributed by atoms with Gasteiger partial charge in [0, 0.05) is 6.16 Å². The van der Waals surface area contributed by atoms with Crippen LogP contribution in [0.4, 0.5) is 21.0 Å². The molecule has 0 saturated carbocycles. The van der Waals surface area contributed by atoms with Gasteiger partial charge in [0.15, 0.2) is 0 Å². The Morgan fingerprint density at radius 1 is 0.857 bits per heavy atom. The monoisotopic (exact) mass is 363 g/mol. The Morgan fingerprint density at radius 3 is 2.24 bits per heavy atom. The van der Waals surface area contributed by atoms with E-state index in [9.17, 15) is 21.0 Å². The summed E-state index contributed by atoms with van der Waals surface area (Å²) >= 11 is 0. The molecule has 11 heteroatoms. The molecule has 2 unspecified atom stereocenters. The molecule has 2 aliphatic rings. The Balaban J connectivity index is 2.30. The van der Waals surface area contributed by atoms with Crippen LogP contribution >= 0.6 is 23.2 Å². The first-order valence-corrected chi connectivity index (χ1v) is 10.8. The lowest BCUT2D eigenvalue weighted by atomic mass is 10.1. The van der Waals surface area contributed by atoms with Crippen molar-refractivity contribution in [3.8, 4) is 0 Å². The van der Waals surface area contributed by atoms with Crippen LogP contribution in [0.1, 0.15) is 12.8 Å².